The van der Waals surface area contributed by atoms with Gasteiger partial charge in [-0.15, -0.1) is 0 Å². The summed E-state index contributed by atoms with van der Waals surface area (Å²) in [5.41, 5.74) is 6.55. The van der Waals surface area contributed by atoms with Gasteiger partial charge in [-0.2, -0.15) is 10.4 Å². The number of benzene rings is 1. The summed E-state index contributed by atoms with van der Waals surface area (Å²) in [7, 11) is 0. The van der Waals surface area contributed by atoms with Crippen LogP contribution in [0.15, 0.2) is 23.3 Å². The van der Waals surface area contributed by atoms with Crippen molar-refractivity contribution < 1.29 is 18.7 Å². The van der Waals surface area contributed by atoms with E-state index in [9.17, 15) is 9.18 Å². The Morgan fingerprint density at radius 2 is 2.21 bits per heavy atom. The van der Waals surface area contributed by atoms with E-state index in [1.54, 1.807) is 26.8 Å². The third-order valence-electron chi connectivity index (χ3n) is 3.71. The number of amides is 1. The number of carbonyl (C=O) groups is 1. The number of nitrogens with zero attached hydrogens (tertiary/aromatic N) is 3. The monoisotopic (exact) mass is 390 g/mol. The highest BCUT2D eigenvalue weighted by Gasteiger charge is 2.31. The van der Waals surface area contributed by atoms with E-state index < -0.39 is 23.3 Å². The first-order valence-electron chi connectivity index (χ1n) is 8.62. The van der Waals surface area contributed by atoms with Crippen molar-refractivity contribution in [2.24, 2.45) is 10.8 Å². The predicted molar refractivity (Wildman–Crippen MR) is 102 cm³/mol. The molecule has 1 aliphatic heterocycles. The molecule has 1 aliphatic rings. The Balaban J connectivity index is 2.09. The molecule has 1 aromatic carbocycles. The number of nitrogens with two attached hydrogens (primary N) is 1. The van der Waals surface area contributed by atoms with E-state index in [2.05, 4.69) is 10.5 Å². The summed E-state index contributed by atoms with van der Waals surface area (Å²) in [5, 5.41) is 19.8. The summed E-state index contributed by atoms with van der Waals surface area (Å²) in [6.07, 6.45) is -0.238. The Labute approximate surface area is 162 Å². The third-order valence-corrected chi connectivity index (χ3v) is 3.71. The van der Waals surface area contributed by atoms with Gasteiger partial charge in [0, 0.05) is 13.0 Å². The number of rotatable bonds is 5. The molecule has 150 valence electrons. The molecule has 1 heterocycles. The molecule has 2 rings (SSSR count). The summed E-state index contributed by atoms with van der Waals surface area (Å²) in [6.45, 7) is 6.12. The van der Waals surface area contributed by atoms with Crippen molar-refractivity contribution in [2.45, 2.75) is 38.9 Å². The SMILES string of the molecule is CC(C)(C)OC(=O)N1CCC(Oc2cccc(F)c2N/N=C(\C#N)C(=N)N)C1. The van der Waals surface area contributed by atoms with Crippen LogP contribution in [0.2, 0.25) is 0 Å². The third kappa shape index (κ3) is 5.57. The number of halogens is 1. The van der Waals surface area contributed by atoms with Gasteiger partial charge in [0.1, 0.15) is 29.2 Å². The zero-order valence-corrected chi connectivity index (χ0v) is 16.0. The quantitative estimate of drug-likeness (QED) is 0.401. The van der Waals surface area contributed by atoms with Gasteiger partial charge in [0.2, 0.25) is 5.71 Å². The van der Waals surface area contributed by atoms with Crippen LogP contribution in [-0.4, -0.2) is 47.3 Å². The minimum Gasteiger partial charge on any atom is -0.486 e. The number of carbonyl (C=O) groups excluding carboxylic acids is 1. The second kappa shape index (κ2) is 8.56. The summed E-state index contributed by atoms with van der Waals surface area (Å²) < 4.78 is 25.4. The van der Waals surface area contributed by atoms with Gasteiger partial charge in [-0.3, -0.25) is 10.8 Å². The van der Waals surface area contributed by atoms with Gasteiger partial charge in [0.15, 0.2) is 11.7 Å². The molecular formula is C18H23FN6O3. The van der Waals surface area contributed by atoms with Crippen LogP contribution < -0.4 is 15.9 Å². The van der Waals surface area contributed by atoms with Gasteiger partial charge in [-0.05, 0) is 32.9 Å². The highest BCUT2D eigenvalue weighted by molar-refractivity contribution is 6.45. The second-order valence-corrected chi connectivity index (χ2v) is 7.17. The van der Waals surface area contributed by atoms with Gasteiger partial charge in [-0.25, -0.2) is 9.18 Å². The Morgan fingerprint density at radius 1 is 1.50 bits per heavy atom. The van der Waals surface area contributed by atoms with Crippen molar-refractivity contribution >= 4 is 23.3 Å². The number of nitrogens with one attached hydrogen (secondary N) is 2. The molecule has 10 heteroatoms. The number of nitriles is 1. The minimum atomic E-state index is -0.649. The van der Waals surface area contributed by atoms with Crippen molar-refractivity contribution in [1.82, 2.24) is 4.90 Å². The van der Waals surface area contributed by atoms with E-state index in [1.807, 2.05) is 0 Å². The molecular weight excluding hydrogens is 367 g/mol. The highest BCUT2D eigenvalue weighted by Crippen LogP contribution is 2.30. The fraction of sp³-hybridized carbons (Fsp3) is 0.444. The van der Waals surface area contributed by atoms with Gasteiger partial charge in [-0.1, -0.05) is 6.07 Å². The first-order valence-corrected chi connectivity index (χ1v) is 8.62. The molecule has 0 bridgehead atoms. The lowest BCUT2D eigenvalue weighted by molar-refractivity contribution is 0.0276. The molecule has 4 N–H and O–H groups in total. The van der Waals surface area contributed by atoms with E-state index in [0.717, 1.165) is 0 Å². The fourth-order valence-electron chi connectivity index (χ4n) is 2.46. The first kappa shape index (κ1) is 21.0. The maximum Gasteiger partial charge on any atom is 0.410 e. The number of anilines is 1. The fourth-order valence-corrected chi connectivity index (χ4v) is 2.46. The highest BCUT2D eigenvalue weighted by atomic mass is 19.1. The van der Waals surface area contributed by atoms with Gasteiger partial charge in [0.05, 0.1) is 6.54 Å². The molecule has 0 saturated carbocycles. The molecule has 9 nitrogen and oxygen atoms in total. The summed E-state index contributed by atoms with van der Waals surface area (Å²) in [5.74, 6) is -1.03. The van der Waals surface area contributed by atoms with Gasteiger partial charge in [0.25, 0.3) is 0 Å². The zero-order chi connectivity index (χ0) is 20.9. The smallest absolute Gasteiger partial charge is 0.410 e. The van der Waals surface area contributed by atoms with Crippen molar-refractivity contribution in [3.63, 3.8) is 0 Å². The molecule has 1 atom stereocenters. The number of likely N-dealkylation sites (tertiary alicyclic amines) is 1. The minimum absolute atomic E-state index is 0.0905. The Bertz CT molecular complexity index is 828. The van der Waals surface area contributed by atoms with E-state index >= 15 is 0 Å². The lowest BCUT2D eigenvalue weighted by Gasteiger charge is -2.24. The van der Waals surface area contributed by atoms with Crippen LogP contribution in [0.1, 0.15) is 27.2 Å². The van der Waals surface area contributed by atoms with Crippen molar-refractivity contribution in [3.8, 4) is 11.8 Å². The number of para-hydroxylation sites is 1. The molecule has 0 aliphatic carbocycles. The molecule has 0 radical (unpaired) electrons. The summed E-state index contributed by atoms with van der Waals surface area (Å²) >= 11 is 0. The lowest BCUT2D eigenvalue weighted by atomic mass is 10.2. The Hall–Kier alpha value is -3.35. The average molecular weight is 390 g/mol. The average Bonchev–Trinajstić information content (AvgIpc) is 3.04. The van der Waals surface area contributed by atoms with Crippen molar-refractivity contribution in [1.29, 1.82) is 10.7 Å². The maximum absolute atomic E-state index is 14.2. The van der Waals surface area contributed by atoms with Crippen molar-refractivity contribution in [2.75, 3.05) is 18.5 Å². The van der Waals surface area contributed by atoms with Crippen molar-refractivity contribution in [3.05, 3.63) is 24.0 Å². The van der Waals surface area contributed by atoms with Crippen LogP contribution in [0, 0.1) is 22.6 Å². The molecule has 1 saturated heterocycles. The molecule has 1 fully saturated rings. The molecule has 1 aromatic rings. The van der Waals surface area contributed by atoms with Gasteiger partial charge < -0.3 is 20.1 Å². The van der Waals surface area contributed by atoms with Gasteiger partial charge >= 0.3 is 6.09 Å². The Morgan fingerprint density at radius 3 is 2.82 bits per heavy atom. The topological polar surface area (TPSA) is 137 Å². The van der Waals surface area contributed by atoms with E-state index in [-0.39, 0.29) is 23.3 Å². The first-order chi connectivity index (χ1) is 13.1. The molecule has 1 unspecified atom stereocenters. The zero-order valence-electron chi connectivity index (χ0n) is 16.0. The van der Waals surface area contributed by atoms with E-state index in [4.69, 9.17) is 25.9 Å². The normalized spacial score (nSPS) is 17.0. The van der Waals surface area contributed by atoms with E-state index in [1.165, 1.54) is 23.1 Å². The standard InChI is InChI=1S/C18H23FN6O3/c1-18(2,3)28-17(26)25-8-7-11(10-25)27-14-6-4-5-12(19)15(14)24-23-13(9-20)16(21)22/h4-6,11,24H,7-8,10H2,1-3H3,(H3,21,22)/b23-13+. The summed E-state index contributed by atoms with van der Waals surface area (Å²) in [6, 6.07) is 5.84. The molecule has 28 heavy (non-hydrogen) atoms. The lowest BCUT2D eigenvalue weighted by Crippen LogP contribution is -2.36. The number of ether oxygens (including phenoxy) is 2. The number of amidine groups is 1. The van der Waals surface area contributed by atoms with Crippen LogP contribution in [-0.2, 0) is 4.74 Å². The van der Waals surface area contributed by atoms with E-state index in [0.29, 0.717) is 19.5 Å². The van der Waals surface area contributed by atoms with Crippen LogP contribution in [0.3, 0.4) is 0 Å². The largest absolute Gasteiger partial charge is 0.486 e. The molecule has 0 spiro atoms. The number of hydrazone groups is 1. The second-order valence-electron chi connectivity index (χ2n) is 7.17. The van der Waals surface area contributed by atoms with Crippen LogP contribution in [0.25, 0.3) is 0 Å². The van der Waals surface area contributed by atoms with Crippen LogP contribution in [0.4, 0.5) is 14.9 Å². The maximum atomic E-state index is 14.2. The number of hydrogen-bond acceptors (Lipinski definition) is 7. The predicted octanol–water partition coefficient (Wildman–Crippen LogP) is 2.44. The molecule has 0 aromatic heterocycles. The summed E-state index contributed by atoms with van der Waals surface area (Å²) in [4.78, 5) is 13.7. The molecule has 1 amide bonds. The Kier molecular flexibility index (Phi) is 6.41. The van der Waals surface area contributed by atoms with Crippen LogP contribution >= 0.6 is 0 Å². The van der Waals surface area contributed by atoms with Crippen LogP contribution in [0.5, 0.6) is 5.75 Å². The number of hydrogen-bond donors (Lipinski definition) is 3.